The summed E-state index contributed by atoms with van der Waals surface area (Å²) < 4.78 is 0. The molecule has 0 aliphatic heterocycles. The fraction of sp³-hybridized carbons (Fsp3) is 0.400. The molecule has 1 rings (SSSR count). The van der Waals surface area contributed by atoms with E-state index in [9.17, 15) is 10.1 Å². The zero-order valence-corrected chi connectivity index (χ0v) is 8.93. The van der Waals surface area contributed by atoms with E-state index in [1.54, 1.807) is 12.1 Å². The highest BCUT2D eigenvalue weighted by atomic mass is 16.6. The normalized spacial score (nSPS) is 10.0. The molecule has 5 nitrogen and oxygen atoms in total. The van der Waals surface area contributed by atoms with Crippen molar-refractivity contribution in [3.8, 4) is 0 Å². The first-order chi connectivity index (χ1) is 7.19. The molecule has 0 spiro atoms. The molecule has 0 aliphatic rings. The van der Waals surface area contributed by atoms with Crippen molar-refractivity contribution in [3.05, 3.63) is 34.4 Å². The number of anilines is 1. The number of nitrogens with one attached hydrogen (secondary N) is 1. The van der Waals surface area contributed by atoms with E-state index in [0.29, 0.717) is 0 Å². The van der Waals surface area contributed by atoms with Crippen LogP contribution >= 0.6 is 0 Å². The number of benzene rings is 1. The number of hydrogen-bond acceptors (Lipinski definition) is 4. The first-order valence-corrected chi connectivity index (χ1v) is 4.94. The van der Waals surface area contributed by atoms with Gasteiger partial charge < -0.3 is 5.01 Å². The molecule has 15 heavy (non-hydrogen) atoms. The van der Waals surface area contributed by atoms with Crippen LogP contribution in [0.1, 0.15) is 13.8 Å². The molecular weight excluding hydrogens is 194 g/mol. The summed E-state index contributed by atoms with van der Waals surface area (Å²) in [4.78, 5) is 10.1. The molecular formula is C10H15N3O2. The van der Waals surface area contributed by atoms with Crippen LogP contribution in [-0.2, 0) is 0 Å². The molecule has 0 aliphatic carbocycles. The van der Waals surface area contributed by atoms with Crippen LogP contribution in [0.15, 0.2) is 24.3 Å². The zero-order chi connectivity index (χ0) is 11.3. The highest BCUT2D eigenvalue weighted by molar-refractivity contribution is 5.49. The monoisotopic (exact) mass is 209 g/mol. The summed E-state index contributed by atoms with van der Waals surface area (Å²) in [5, 5.41) is 12.4. The lowest BCUT2D eigenvalue weighted by molar-refractivity contribution is -0.384. The molecule has 0 atom stereocenters. The number of nitro groups is 1. The molecule has 0 bridgehead atoms. The van der Waals surface area contributed by atoms with E-state index in [-0.39, 0.29) is 5.69 Å². The molecule has 5 heteroatoms. The van der Waals surface area contributed by atoms with Crippen molar-refractivity contribution in [2.75, 3.05) is 18.1 Å². The Morgan fingerprint density at radius 1 is 1.33 bits per heavy atom. The van der Waals surface area contributed by atoms with Crippen molar-refractivity contribution in [2.45, 2.75) is 13.8 Å². The van der Waals surface area contributed by atoms with Gasteiger partial charge in [-0.25, -0.2) is 5.43 Å². The molecule has 0 amide bonds. The van der Waals surface area contributed by atoms with E-state index in [1.165, 1.54) is 12.1 Å². The third-order valence-electron chi connectivity index (χ3n) is 2.04. The summed E-state index contributed by atoms with van der Waals surface area (Å²) >= 11 is 0. The largest absolute Gasteiger partial charge is 0.309 e. The lowest BCUT2D eigenvalue weighted by Crippen LogP contribution is -2.37. The van der Waals surface area contributed by atoms with Gasteiger partial charge >= 0.3 is 0 Å². The molecule has 0 unspecified atom stereocenters. The Labute approximate surface area is 88.8 Å². The first kappa shape index (κ1) is 11.5. The van der Waals surface area contributed by atoms with E-state index < -0.39 is 4.92 Å². The van der Waals surface area contributed by atoms with Crippen LogP contribution in [0.2, 0.25) is 0 Å². The molecule has 0 radical (unpaired) electrons. The maximum atomic E-state index is 10.5. The van der Waals surface area contributed by atoms with Crippen molar-refractivity contribution >= 4 is 11.4 Å². The Bertz CT molecular complexity index is 324. The Morgan fingerprint density at radius 3 is 2.33 bits per heavy atom. The minimum atomic E-state index is -0.396. The second-order valence-corrected chi connectivity index (χ2v) is 3.03. The smallest absolute Gasteiger partial charge is 0.269 e. The predicted octanol–water partition coefficient (Wildman–Crippen LogP) is 1.95. The summed E-state index contributed by atoms with van der Waals surface area (Å²) in [6.45, 7) is 5.66. The molecule has 0 heterocycles. The van der Waals surface area contributed by atoms with Crippen LogP contribution in [0.4, 0.5) is 11.4 Å². The Morgan fingerprint density at radius 2 is 1.93 bits per heavy atom. The van der Waals surface area contributed by atoms with Crippen molar-refractivity contribution in [3.63, 3.8) is 0 Å². The minimum absolute atomic E-state index is 0.117. The van der Waals surface area contributed by atoms with Gasteiger partial charge in [0.05, 0.1) is 10.6 Å². The minimum Gasteiger partial charge on any atom is -0.309 e. The van der Waals surface area contributed by atoms with Gasteiger partial charge in [0.1, 0.15) is 0 Å². The van der Waals surface area contributed by atoms with E-state index in [2.05, 4.69) is 5.43 Å². The number of non-ortho nitro benzene ring substituents is 1. The number of rotatable bonds is 5. The fourth-order valence-electron chi connectivity index (χ4n) is 1.33. The highest BCUT2D eigenvalue weighted by Gasteiger charge is 2.06. The second kappa shape index (κ2) is 5.31. The summed E-state index contributed by atoms with van der Waals surface area (Å²) in [6, 6.07) is 6.50. The van der Waals surface area contributed by atoms with Gasteiger partial charge in [0.2, 0.25) is 0 Å². The van der Waals surface area contributed by atoms with E-state index in [1.807, 2.05) is 18.9 Å². The molecule has 1 aromatic carbocycles. The van der Waals surface area contributed by atoms with Crippen molar-refractivity contribution in [1.29, 1.82) is 0 Å². The van der Waals surface area contributed by atoms with Crippen LogP contribution < -0.4 is 10.4 Å². The van der Waals surface area contributed by atoms with E-state index in [4.69, 9.17) is 0 Å². The van der Waals surface area contributed by atoms with Gasteiger partial charge in [0.25, 0.3) is 5.69 Å². The van der Waals surface area contributed by atoms with Gasteiger partial charge in [-0.2, -0.15) is 0 Å². The SMILES string of the molecule is CCNN(CC)c1ccc([N+](=O)[O-])cc1. The predicted molar refractivity (Wildman–Crippen MR) is 59.8 cm³/mol. The van der Waals surface area contributed by atoms with Crippen molar-refractivity contribution < 1.29 is 4.92 Å². The molecule has 0 aromatic heterocycles. The summed E-state index contributed by atoms with van der Waals surface area (Å²) in [7, 11) is 0. The molecule has 0 saturated heterocycles. The lowest BCUT2D eigenvalue weighted by Gasteiger charge is -2.22. The van der Waals surface area contributed by atoms with Crippen LogP contribution in [0, 0.1) is 10.1 Å². The molecule has 1 N–H and O–H groups in total. The quantitative estimate of drug-likeness (QED) is 0.594. The van der Waals surface area contributed by atoms with Crippen LogP contribution in [0.3, 0.4) is 0 Å². The topological polar surface area (TPSA) is 58.4 Å². The van der Waals surface area contributed by atoms with Gasteiger partial charge in [-0.15, -0.1) is 0 Å². The second-order valence-electron chi connectivity index (χ2n) is 3.03. The Kier molecular flexibility index (Phi) is 4.05. The van der Waals surface area contributed by atoms with Crippen molar-refractivity contribution in [2.24, 2.45) is 0 Å². The summed E-state index contributed by atoms with van der Waals surface area (Å²) in [6.07, 6.45) is 0. The molecule has 82 valence electrons. The van der Waals surface area contributed by atoms with E-state index in [0.717, 1.165) is 18.8 Å². The highest BCUT2D eigenvalue weighted by Crippen LogP contribution is 2.17. The van der Waals surface area contributed by atoms with Crippen LogP contribution in [-0.4, -0.2) is 18.0 Å². The lowest BCUT2D eigenvalue weighted by atomic mass is 10.3. The van der Waals surface area contributed by atoms with E-state index >= 15 is 0 Å². The Balaban J connectivity index is 2.81. The standard InChI is InChI=1S/C10H15N3O2/c1-3-11-12(4-2)9-5-7-10(8-6-9)13(14)15/h5-8,11H,3-4H2,1-2H3. The fourth-order valence-corrected chi connectivity index (χ4v) is 1.33. The average Bonchev–Trinajstić information content (AvgIpc) is 2.26. The maximum absolute atomic E-state index is 10.5. The Hall–Kier alpha value is -1.62. The van der Waals surface area contributed by atoms with Gasteiger partial charge in [0, 0.05) is 25.2 Å². The number of nitrogens with zero attached hydrogens (tertiary/aromatic N) is 2. The van der Waals surface area contributed by atoms with Gasteiger partial charge in [-0.05, 0) is 19.1 Å². The first-order valence-electron chi connectivity index (χ1n) is 4.94. The number of nitro benzene ring substituents is 1. The molecule has 0 fully saturated rings. The summed E-state index contributed by atoms with van der Waals surface area (Å²) in [5.41, 5.74) is 4.21. The zero-order valence-electron chi connectivity index (χ0n) is 8.93. The number of hydrazine groups is 1. The molecule has 1 aromatic rings. The third-order valence-corrected chi connectivity index (χ3v) is 2.04. The van der Waals surface area contributed by atoms with Gasteiger partial charge in [-0.1, -0.05) is 6.92 Å². The van der Waals surface area contributed by atoms with Gasteiger partial charge in [-0.3, -0.25) is 10.1 Å². The van der Waals surface area contributed by atoms with Crippen molar-refractivity contribution in [1.82, 2.24) is 5.43 Å². The maximum Gasteiger partial charge on any atom is 0.269 e. The number of hydrogen-bond donors (Lipinski definition) is 1. The summed E-state index contributed by atoms with van der Waals surface area (Å²) in [5.74, 6) is 0. The third kappa shape index (κ3) is 2.92. The average molecular weight is 209 g/mol. The van der Waals surface area contributed by atoms with Crippen LogP contribution in [0.25, 0.3) is 0 Å². The van der Waals surface area contributed by atoms with Crippen LogP contribution in [0.5, 0.6) is 0 Å². The molecule has 0 saturated carbocycles. The van der Waals surface area contributed by atoms with Gasteiger partial charge in [0.15, 0.2) is 0 Å².